The van der Waals surface area contributed by atoms with Gasteiger partial charge >= 0.3 is 0 Å². The van der Waals surface area contributed by atoms with E-state index in [0.717, 1.165) is 23.8 Å². The molecule has 0 spiro atoms. The van der Waals surface area contributed by atoms with Crippen molar-refractivity contribution in [2.24, 2.45) is 0 Å². The first-order chi connectivity index (χ1) is 11.3. The zero-order valence-corrected chi connectivity index (χ0v) is 14.0. The summed E-state index contributed by atoms with van der Waals surface area (Å²) in [6, 6.07) is 14.3. The first-order valence-corrected chi connectivity index (χ1v) is 9.07. The maximum Gasteiger partial charge on any atom is 0.162 e. The van der Waals surface area contributed by atoms with Crippen molar-refractivity contribution in [2.75, 3.05) is 19.6 Å². The molecule has 1 aliphatic heterocycles. The zero-order valence-electron chi connectivity index (χ0n) is 14.0. The van der Waals surface area contributed by atoms with E-state index in [1.54, 1.807) is 0 Å². The van der Waals surface area contributed by atoms with Crippen molar-refractivity contribution >= 4 is 16.6 Å². The van der Waals surface area contributed by atoms with E-state index in [4.69, 9.17) is 0 Å². The van der Waals surface area contributed by atoms with Gasteiger partial charge in [0.15, 0.2) is 5.78 Å². The monoisotopic (exact) mass is 309 g/mol. The topological polar surface area (TPSA) is 20.3 Å². The molecule has 1 saturated heterocycles. The molecule has 0 unspecified atom stereocenters. The lowest BCUT2D eigenvalue weighted by Gasteiger charge is -2.26. The number of fused-ring (bicyclic) bond motifs is 1. The average molecular weight is 309 g/mol. The summed E-state index contributed by atoms with van der Waals surface area (Å²) in [5.74, 6) is 0.286. The van der Waals surface area contributed by atoms with Crippen LogP contribution >= 0.6 is 0 Å². The second-order valence-corrected chi connectivity index (χ2v) is 6.70. The van der Waals surface area contributed by atoms with Crippen LogP contribution in [0, 0.1) is 0 Å². The molecule has 23 heavy (non-hydrogen) atoms. The van der Waals surface area contributed by atoms with E-state index >= 15 is 0 Å². The molecule has 3 rings (SSSR count). The molecule has 0 aliphatic carbocycles. The summed E-state index contributed by atoms with van der Waals surface area (Å²) < 4.78 is 0. The van der Waals surface area contributed by atoms with Gasteiger partial charge in [0.05, 0.1) is 0 Å². The lowest BCUT2D eigenvalue weighted by atomic mass is 10.0. The number of hydrogen-bond acceptors (Lipinski definition) is 2. The second kappa shape index (κ2) is 8.26. The van der Waals surface area contributed by atoms with Crippen LogP contribution in [0.2, 0.25) is 0 Å². The minimum Gasteiger partial charge on any atom is -0.303 e. The third-order valence-electron chi connectivity index (χ3n) is 4.90. The molecule has 2 heteroatoms. The van der Waals surface area contributed by atoms with Crippen molar-refractivity contribution < 1.29 is 4.79 Å². The van der Waals surface area contributed by atoms with Crippen molar-refractivity contribution in [3.63, 3.8) is 0 Å². The van der Waals surface area contributed by atoms with Gasteiger partial charge in [-0.05, 0) is 62.2 Å². The smallest absolute Gasteiger partial charge is 0.162 e. The highest BCUT2D eigenvalue weighted by molar-refractivity contribution is 5.99. The van der Waals surface area contributed by atoms with Gasteiger partial charge in [-0.1, -0.05) is 49.2 Å². The minimum absolute atomic E-state index is 0.286. The van der Waals surface area contributed by atoms with Gasteiger partial charge in [0.2, 0.25) is 0 Å². The number of unbranched alkanes of at least 4 members (excludes halogenated alkanes) is 2. The van der Waals surface area contributed by atoms with E-state index in [9.17, 15) is 4.79 Å². The van der Waals surface area contributed by atoms with Crippen molar-refractivity contribution in [1.82, 2.24) is 4.90 Å². The van der Waals surface area contributed by atoms with Gasteiger partial charge in [-0.3, -0.25) is 4.79 Å². The first kappa shape index (κ1) is 16.2. The first-order valence-electron chi connectivity index (χ1n) is 9.07. The van der Waals surface area contributed by atoms with Gasteiger partial charge in [-0.25, -0.2) is 0 Å². The quantitative estimate of drug-likeness (QED) is 0.526. The molecular formula is C21H27NO. The van der Waals surface area contributed by atoms with E-state index in [1.807, 2.05) is 24.3 Å². The molecule has 1 heterocycles. The SMILES string of the molecule is O=C(CCCCCN1CCCCC1)c1ccc2ccccc2c1. The highest BCUT2D eigenvalue weighted by Gasteiger charge is 2.10. The van der Waals surface area contributed by atoms with E-state index in [1.165, 1.54) is 50.7 Å². The summed E-state index contributed by atoms with van der Waals surface area (Å²) in [4.78, 5) is 14.9. The number of nitrogens with zero attached hydrogens (tertiary/aromatic N) is 1. The van der Waals surface area contributed by atoms with Gasteiger partial charge < -0.3 is 4.90 Å². The lowest BCUT2D eigenvalue weighted by Crippen LogP contribution is -2.30. The van der Waals surface area contributed by atoms with Crippen LogP contribution in [0.3, 0.4) is 0 Å². The molecule has 122 valence electrons. The number of rotatable bonds is 7. The van der Waals surface area contributed by atoms with Gasteiger partial charge in [-0.15, -0.1) is 0 Å². The van der Waals surface area contributed by atoms with E-state index in [2.05, 4.69) is 23.1 Å². The standard InChI is InChI=1S/C21H27NO/c23-21(11-3-1-6-14-22-15-7-2-8-16-22)20-13-12-18-9-4-5-10-19(18)17-20/h4-5,9-10,12-13,17H,1-3,6-8,11,14-16H2. The van der Waals surface area contributed by atoms with Crippen LogP contribution in [0.4, 0.5) is 0 Å². The van der Waals surface area contributed by atoms with Crippen LogP contribution in [-0.4, -0.2) is 30.3 Å². The number of likely N-dealkylation sites (tertiary alicyclic amines) is 1. The highest BCUT2D eigenvalue weighted by Crippen LogP contribution is 2.18. The number of piperidine rings is 1. The molecule has 2 aromatic rings. The van der Waals surface area contributed by atoms with E-state index in [0.29, 0.717) is 6.42 Å². The third kappa shape index (κ3) is 4.65. The van der Waals surface area contributed by atoms with Gasteiger partial charge in [-0.2, -0.15) is 0 Å². The Balaban J connectivity index is 1.41. The molecule has 0 amide bonds. The summed E-state index contributed by atoms with van der Waals surface area (Å²) in [6.07, 6.45) is 8.20. The molecule has 0 saturated carbocycles. The van der Waals surface area contributed by atoms with Crippen molar-refractivity contribution in [2.45, 2.75) is 44.9 Å². The van der Waals surface area contributed by atoms with Crippen molar-refractivity contribution in [1.29, 1.82) is 0 Å². The van der Waals surface area contributed by atoms with Gasteiger partial charge in [0.1, 0.15) is 0 Å². The molecule has 0 aromatic heterocycles. The van der Waals surface area contributed by atoms with Crippen LogP contribution in [-0.2, 0) is 0 Å². The molecule has 0 N–H and O–H groups in total. The summed E-state index contributed by atoms with van der Waals surface area (Å²) >= 11 is 0. The number of carbonyl (C=O) groups is 1. The molecule has 1 aliphatic rings. The Labute approximate surface area is 139 Å². The van der Waals surface area contributed by atoms with Crippen molar-refractivity contribution in [3.05, 3.63) is 48.0 Å². The summed E-state index contributed by atoms with van der Waals surface area (Å²) in [6.45, 7) is 3.76. The van der Waals surface area contributed by atoms with Crippen LogP contribution < -0.4 is 0 Å². The summed E-state index contributed by atoms with van der Waals surface area (Å²) in [7, 11) is 0. The van der Waals surface area contributed by atoms with Crippen LogP contribution in [0.1, 0.15) is 55.3 Å². The Morgan fingerprint density at radius 1 is 0.870 bits per heavy atom. The number of benzene rings is 2. The fourth-order valence-corrected chi connectivity index (χ4v) is 3.49. The maximum atomic E-state index is 12.3. The fourth-order valence-electron chi connectivity index (χ4n) is 3.49. The van der Waals surface area contributed by atoms with E-state index in [-0.39, 0.29) is 5.78 Å². The average Bonchev–Trinajstić information content (AvgIpc) is 2.61. The Hall–Kier alpha value is -1.67. The lowest BCUT2D eigenvalue weighted by molar-refractivity contribution is 0.0978. The largest absolute Gasteiger partial charge is 0.303 e. The molecule has 0 bridgehead atoms. The third-order valence-corrected chi connectivity index (χ3v) is 4.90. The highest BCUT2D eigenvalue weighted by atomic mass is 16.1. The van der Waals surface area contributed by atoms with Crippen molar-refractivity contribution in [3.8, 4) is 0 Å². The Kier molecular flexibility index (Phi) is 5.82. The van der Waals surface area contributed by atoms with Crippen LogP contribution in [0.25, 0.3) is 10.8 Å². The minimum atomic E-state index is 0.286. The van der Waals surface area contributed by atoms with E-state index < -0.39 is 0 Å². The summed E-state index contributed by atoms with van der Waals surface area (Å²) in [5.41, 5.74) is 0.861. The maximum absolute atomic E-state index is 12.3. The Bertz CT molecular complexity index is 643. The second-order valence-electron chi connectivity index (χ2n) is 6.70. The van der Waals surface area contributed by atoms with Gasteiger partial charge in [0.25, 0.3) is 0 Å². The zero-order chi connectivity index (χ0) is 15.9. The Morgan fingerprint density at radius 3 is 2.48 bits per heavy atom. The number of ketones is 1. The molecule has 1 fully saturated rings. The Morgan fingerprint density at radius 2 is 1.65 bits per heavy atom. The molecule has 0 atom stereocenters. The predicted molar refractivity (Wildman–Crippen MR) is 97.0 cm³/mol. The molecule has 0 radical (unpaired) electrons. The van der Waals surface area contributed by atoms with Crippen LogP contribution in [0.5, 0.6) is 0 Å². The van der Waals surface area contributed by atoms with Gasteiger partial charge in [0, 0.05) is 12.0 Å². The molecular weight excluding hydrogens is 282 g/mol. The number of Topliss-reactive ketones (excluding diaryl/α,β-unsaturated/α-hetero) is 1. The predicted octanol–water partition coefficient (Wildman–Crippen LogP) is 5.07. The number of hydrogen-bond donors (Lipinski definition) is 0. The van der Waals surface area contributed by atoms with Crippen LogP contribution in [0.15, 0.2) is 42.5 Å². The molecule has 2 nitrogen and oxygen atoms in total. The normalized spacial score (nSPS) is 15.8. The summed E-state index contributed by atoms with van der Waals surface area (Å²) in [5, 5.41) is 2.36. The fraction of sp³-hybridized carbons (Fsp3) is 0.476. The molecule has 2 aromatic carbocycles. The number of carbonyl (C=O) groups excluding carboxylic acids is 1.